The summed E-state index contributed by atoms with van der Waals surface area (Å²) in [5.74, 6) is -1.14. The van der Waals surface area contributed by atoms with Crippen molar-refractivity contribution in [2.24, 2.45) is 10.2 Å². The summed E-state index contributed by atoms with van der Waals surface area (Å²) < 4.78 is 83.0. The normalized spacial score (nSPS) is 11.8. The van der Waals surface area contributed by atoms with E-state index in [1.165, 1.54) is 74.9 Å². The molecule has 6 aromatic rings. The van der Waals surface area contributed by atoms with Crippen molar-refractivity contribution >= 4 is 64.5 Å². The molecule has 0 heterocycles. The van der Waals surface area contributed by atoms with Gasteiger partial charge in [-0.1, -0.05) is 12.1 Å². The molecule has 16 nitrogen and oxygen atoms in total. The highest BCUT2D eigenvalue weighted by molar-refractivity contribution is 7.86. The number of methoxy groups -OCH3 is 2. The summed E-state index contributed by atoms with van der Waals surface area (Å²) in [4.78, 5) is -1.68. The van der Waals surface area contributed by atoms with Gasteiger partial charge in [0.25, 0.3) is 20.2 Å². The minimum Gasteiger partial charge on any atom is -0.505 e. The van der Waals surface area contributed by atoms with Gasteiger partial charge < -0.3 is 31.2 Å². The molecule has 0 amide bonds. The van der Waals surface area contributed by atoms with E-state index in [1.807, 2.05) is 0 Å². The molecule has 266 valence electrons. The number of nitrogens with zero attached hydrogens (tertiary/aromatic N) is 2. The fourth-order valence-electron chi connectivity index (χ4n) is 6.30. The van der Waals surface area contributed by atoms with Gasteiger partial charge in [-0.2, -0.15) is 27.1 Å². The zero-order chi connectivity index (χ0) is 37.9. The van der Waals surface area contributed by atoms with Gasteiger partial charge in [0, 0.05) is 44.4 Å². The Morgan fingerprint density at radius 1 is 0.577 bits per heavy atom. The van der Waals surface area contributed by atoms with Crippen LogP contribution in [-0.2, 0) is 20.2 Å². The number of fused-ring (bicyclic) bond motifs is 2. The molecule has 0 unspecified atom stereocenters. The number of phenolic OH excluding ortho intramolecular Hbond substituents is 2. The second-order valence-corrected chi connectivity index (χ2v) is 14.1. The van der Waals surface area contributed by atoms with Crippen LogP contribution < -0.4 is 20.9 Å². The molecule has 0 bridgehead atoms. The monoisotopic (exact) mass is 744 g/mol. The van der Waals surface area contributed by atoms with Crippen molar-refractivity contribution in [1.82, 2.24) is 0 Å². The number of phenols is 2. The smallest absolute Gasteiger partial charge is 0.297 e. The van der Waals surface area contributed by atoms with Crippen molar-refractivity contribution in [1.29, 1.82) is 11.1 Å². The van der Waals surface area contributed by atoms with Gasteiger partial charge in [-0.05, 0) is 82.6 Å². The molecule has 18 heteroatoms. The summed E-state index contributed by atoms with van der Waals surface area (Å²) in [6.45, 7) is 0. The van der Waals surface area contributed by atoms with Gasteiger partial charge in [0.15, 0.2) is 11.5 Å². The van der Waals surface area contributed by atoms with Crippen LogP contribution in [0.2, 0.25) is 0 Å². The number of aromatic hydroxyl groups is 2. The number of rotatable bonds is 9. The Labute approximate surface area is 295 Å². The van der Waals surface area contributed by atoms with E-state index in [0.717, 1.165) is 0 Å². The standard InChI is InChI=1S/C34H28N6O10S2/c1-49-25-11-15(3-7-21(25)27-23-13-17(35)5-9-19(23)31(41)29(39-37)33(27)51(43,44)45)16-4-8-22(26(12-16)50-2)28-24-14-18(36)6-10-20(24)32(42)30(40-38)34(28)52(46,47)48/h3-14,37-38,41-42H,35-36H2,1-2H3,(H,43,44,45)(H,46,47,48). The molecule has 0 atom stereocenters. The number of benzene rings is 6. The minimum absolute atomic E-state index is 0.0890. The van der Waals surface area contributed by atoms with Gasteiger partial charge in [0.1, 0.15) is 32.7 Å². The Kier molecular flexibility index (Phi) is 8.71. The summed E-state index contributed by atoms with van der Waals surface area (Å²) in [6, 6.07) is 17.8. The molecule has 0 saturated heterocycles. The molecule has 6 aromatic carbocycles. The molecular weight excluding hydrogens is 717 g/mol. The van der Waals surface area contributed by atoms with Gasteiger partial charge in [0.05, 0.1) is 14.2 Å². The summed E-state index contributed by atoms with van der Waals surface area (Å²) in [6.07, 6.45) is 0. The van der Waals surface area contributed by atoms with Crippen molar-refractivity contribution in [3.63, 3.8) is 0 Å². The van der Waals surface area contributed by atoms with E-state index in [1.54, 1.807) is 12.1 Å². The van der Waals surface area contributed by atoms with E-state index in [4.69, 9.17) is 32.0 Å². The number of nitrogens with one attached hydrogen (secondary N) is 2. The molecule has 52 heavy (non-hydrogen) atoms. The minimum atomic E-state index is -5.11. The Balaban J connectivity index is 1.62. The second-order valence-electron chi connectivity index (χ2n) is 11.4. The topological polar surface area (TPSA) is 292 Å². The number of hydrogen-bond donors (Lipinski definition) is 8. The lowest BCUT2D eigenvalue weighted by Crippen LogP contribution is -2.04. The molecule has 0 aromatic heterocycles. The molecule has 0 aliphatic carbocycles. The van der Waals surface area contributed by atoms with E-state index < -0.39 is 52.9 Å². The third kappa shape index (κ3) is 5.74. The second kappa shape index (κ2) is 12.8. The molecule has 10 N–H and O–H groups in total. The predicted octanol–water partition coefficient (Wildman–Crippen LogP) is 7.41. The molecule has 0 saturated carbocycles. The molecular formula is C34H28N6O10S2. The van der Waals surface area contributed by atoms with E-state index in [-0.39, 0.29) is 66.7 Å². The Hall–Kier alpha value is -6.34. The average molecular weight is 745 g/mol. The summed E-state index contributed by atoms with van der Waals surface area (Å²) in [7, 11) is -7.58. The van der Waals surface area contributed by atoms with Crippen LogP contribution in [0.25, 0.3) is 54.9 Å². The first kappa shape index (κ1) is 35.5. The van der Waals surface area contributed by atoms with Crippen molar-refractivity contribution in [3.05, 3.63) is 72.8 Å². The van der Waals surface area contributed by atoms with Gasteiger partial charge in [0.2, 0.25) is 0 Å². The Morgan fingerprint density at radius 3 is 1.25 bits per heavy atom. The molecule has 0 aliphatic heterocycles. The van der Waals surface area contributed by atoms with Crippen LogP contribution in [0.1, 0.15) is 0 Å². The first-order valence-corrected chi connectivity index (χ1v) is 17.7. The SMILES string of the molecule is COc1cc(-c2ccc(-c3c(S(=O)(=O)O)c(N=N)c(O)c4ccc(N)cc34)c(OC)c2)ccc1-c1c(S(=O)(=O)O)c(N=N)c(O)c2ccc(N)cc12. The highest BCUT2D eigenvalue weighted by atomic mass is 32.2. The van der Waals surface area contributed by atoms with Crippen LogP contribution in [0.4, 0.5) is 22.7 Å². The van der Waals surface area contributed by atoms with Crippen molar-refractivity contribution < 1.29 is 45.6 Å². The van der Waals surface area contributed by atoms with Crippen molar-refractivity contribution in [3.8, 4) is 56.4 Å². The largest absolute Gasteiger partial charge is 0.505 e. The number of nitrogen functional groups attached to an aromatic ring is 2. The van der Waals surface area contributed by atoms with E-state index in [0.29, 0.717) is 11.1 Å². The molecule has 0 radical (unpaired) electrons. The fourth-order valence-corrected chi connectivity index (χ4v) is 8.03. The maximum atomic E-state index is 12.8. The lowest BCUT2D eigenvalue weighted by atomic mass is 9.92. The van der Waals surface area contributed by atoms with E-state index in [2.05, 4.69) is 10.2 Å². The molecule has 0 fully saturated rings. The number of anilines is 2. The first-order valence-electron chi connectivity index (χ1n) is 14.8. The summed E-state index contributed by atoms with van der Waals surface area (Å²) >= 11 is 0. The van der Waals surface area contributed by atoms with Crippen LogP contribution in [0.3, 0.4) is 0 Å². The highest BCUT2D eigenvalue weighted by Gasteiger charge is 2.32. The van der Waals surface area contributed by atoms with E-state index >= 15 is 0 Å². The van der Waals surface area contributed by atoms with Crippen LogP contribution >= 0.6 is 0 Å². The number of ether oxygens (including phenoxy) is 2. The fraction of sp³-hybridized carbons (Fsp3) is 0.0588. The van der Waals surface area contributed by atoms with Crippen molar-refractivity contribution in [2.75, 3.05) is 25.7 Å². The Morgan fingerprint density at radius 2 is 0.942 bits per heavy atom. The van der Waals surface area contributed by atoms with E-state index in [9.17, 15) is 36.2 Å². The quantitative estimate of drug-likeness (QED) is 0.0408. The van der Waals surface area contributed by atoms with Crippen LogP contribution in [0.5, 0.6) is 23.0 Å². The van der Waals surface area contributed by atoms with Gasteiger partial charge in [-0.3, -0.25) is 9.11 Å². The lowest BCUT2D eigenvalue weighted by molar-refractivity contribution is 0.415. The van der Waals surface area contributed by atoms with Gasteiger partial charge in [-0.25, -0.2) is 11.1 Å². The molecule has 6 rings (SSSR count). The maximum absolute atomic E-state index is 12.8. The predicted molar refractivity (Wildman–Crippen MR) is 192 cm³/mol. The van der Waals surface area contributed by atoms with Crippen LogP contribution in [0.15, 0.2) is 92.8 Å². The average Bonchev–Trinajstić information content (AvgIpc) is 3.10. The summed E-state index contributed by atoms with van der Waals surface area (Å²) in [5.41, 5.74) is 27.2. The first-order chi connectivity index (χ1) is 24.5. The van der Waals surface area contributed by atoms with Crippen molar-refractivity contribution in [2.45, 2.75) is 9.79 Å². The van der Waals surface area contributed by atoms with Crippen LogP contribution in [0, 0.1) is 11.1 Å². The van der Waals surface area contributed by atoms with Crippen LogP contribution in [-0.4, -0.2) is 50.4 Å². The molecule has 0 spiro atoms. The third-order valence-electron chi connectivity index (χ3n) is 8.48. The van der Waals surface area contributed by atoms with Gasteiger partial charge in [-0.15, -0.1) is 0 Å². The lowest BCUT2D eigenvalue weighted by Gasteiger charge is -2.20. The molecule has 0 aliphatic rings. The highest BCUT2D eigenvalue weighted by Crippen LogP contribution is 2.52. The Bertz CT molecular complexity index is 2570. The number of hydrogen-bond acceptors (Lipinski definition) is 14. The zero-order valence-electron chi connectivity index (χ0n) is 27.0. The summed E-state index contributed by atoms with van der Waals surface area (Å²) in [5, 5.41) is 28.6. The zero-order valence-corrected chi connectivity index (χ0v) is 28.7. The third-order valence-corrected chi connectivity index (χ3v) is 10.3. The maximum Gasteiger partial charge on any atom is 0.297 e. The van der Waals surface area contributed by atoms with Gasteiger partial charge >= 0.3 is 0 Å². The number of nitrogens with two attached hydrogens (primary N) is 2.